The van der Waals surface area contributed by atoms with Gasteiger partial charge in [0.25, 0.3) is 0 Å². The van der Waals surface area contributed by atoms with Crippen LogP contribution in [0.3, 0.4) is 0 Å². The number of rotatable bonds is 3. The number of carbonyl (C=O) groups excluding carboxylic acids is 1. The van der Waals surface area contributed by atoms with Gasteiger partial charge in [-0.15, -0.1) is 0 Å². The number of carbonyl (C=O) groups is 1. The van der Waals surface area contributed by atoms with E-state index in [9.17, 15) is 4.79 Å². The van der Waals surface area contributed by atoms with E-state index in [2.05, 4.69) is 5.32 Å². The second kappa shape index (κ2) is 5.41. The highest BCUT2D eigenvalue weighted by Crippen LogP contribution is 2.31. The summed E-state index contributed by atoms with van der Waals surface area (Å²) in [6.45, 7) is 1.47. The molecule has 0 spiro atoms. The molecule has 1 fully saturated rings. The second-order valence-corrected chi connectivity index (χ2v) is 4.76. The maximum Gasteiger partial charge on any atom is 0.221 e. The van der Waals surface area contributed by atoms with Crippen LogP contribution in [0.1, 0.15) is 32.6 Å². The Morgan fingerprint density at radius 1 is 1.41 bits per heavy atom. The molecule has 0 aromatic heterocycles. The third kappa shape index (κ3) is 3.37. The number of hydrogen-bond donors (Lipinski definition) is 1. The fourth-order valence-corrected chi connectivity index (χ4v) is 2.29. The van der Waals surface area contributed by atoms with E-state index in [0.717, 1.165) is 12.8 Å². The lowest BCUT2D eigenvalue weighted by atomic mass is 10.2. The van der Waals surface area contributed by atoms with Crippen molar-refractivity contribution in [3.63, 3.8) is 0 Å². The molecular formula is C13H16ClNO2. The van der Waals surface area contributed by atoms with Crippen LogP contribution in [0.4, 0.5) is 5.69 Å². The molecule has 1 aliphatic rings. The fourth-order valence-electron chi connectivity index (χ4n) is 2.06. The fraction of sp³-hybridized carbons (Fsp3) is 0.462. The highest BCUT2D eigenvalue weighted by atomic mass is 35.5. The number of halogens is 1. The quantitative estimate of drug-likeness (QED) is 0.894. The Kier molecular flexibility index (Phi) is 3.89. The van der Waals surface area contributed by atoms with Gasteiger partial charge in [-0.05, 0) is 43.9 Å². The van der Waals surface area contributed by atoms with Gasteiger partial charge in [0, 0.05) is 12.6 Å². The molecule has 2 rings (SSSR count). The van der Waals surface area contributed by atoms with Gasteiger partial charge in [-0.3, -0.25) is 4.79 Å². The summed E-state index contributed by atoms with van der Waals surface area (Å²) in [5, 5.41) is 3.23. The molecule has 0 unspecified atom stereocenters. The van der Waals surface area contributed by atoms with E-state index in [0.29, 0.717) is 22.6 Å². The van der Waals surface area contributed by atoms with E-state index in [4.69, 9.17) is 16.3 Å². The zero-order valence-corrected chi connectivity index (χ0v) is 10.6. The monoisotopic (exact) mass is 253 g/mol. The molecule has 17 heavy (non-hydrogen) atoms. The zero-order chi connectivity index (χ0) is 12.3. The van der Waals surface area contributed by atoms with Gasteiger partial charge in [0.15, 0.2) is 0 Å². The van der Waals surface area contributed by atoms with Crippen molar-refractivity contribution in [2.75, 3.05) is 5.32 Å². The highest BCUT2D eigenvalue weighted by molar-refractivity contribution is 6.32. The summed E-state index contributed by atoms with van der Waals surface area (Å²) in [6.07, 6.45) is 4.95. The Morgan fingerprint density at radius 2 is 2.12 bits per heavy atom. The van der Waals surface area contributed by atoms with Crippen molar-refractivity contribution in [1.29, 1.82) is 0 Å². The molecule has 92 valence electrons. The lowest BCUT2D eigenvalue weighted by Crippen LogP contribution is -2.11. The molecule has 1 saturated carbocycles. The van der Waals surface area contributed by atoms with Crippen molar-refractivity contribution in [1.82, 2.24) is 0 Å². The molecule has 0 radical (unpaired) electrons. The van der Waals surface area contributed by atoms with Crippen molar-refractivity contribution in [2.24, 2.45) is 0 Å². The van der Waals surface area contributed by atoms with E-state index in [1.54, 1.807) is 12.1 Å². The van der Waals surface area contributed by atoms with Crippen molar-refractivity contribution in [3.8, 4) is 5.75 Å². The summed E-state index contributed by atoms with van der Waals surface area (Å²) in [5.41, 5.74) is 0.696. The number of ether oxygens (including phenoxy) is 1. The lowest BCUT2D eigenvalue weighted by Gasteiger charge is -2.15. The van der Waals surface area contributed by atoms with E-state index >= 15 is 0 Å². The van der Waals surface area contributed by atoms with Crippen LogP contribution >= 0.6 is 11.6 Å². The third-order valence-electron chi connectivity index (χ3n) is 2.85. The summed E-state index contributed by atoms with van der Waals surface area (Å²) in [6, 6.07) is 5.33. The second-order valence-electron chi connectivity index (χ2n) is 4.35. The van der Waals surface area contributed by atoms with Gasteiger partial charge in [0.2, 0.25) is 5.91 Å². The Hall–Kier alpha value is -1.22. The molecule has 1 amide bonds. The predicted molar refractivity (Wildman–Crippen MR) is 68.6 cm³/mol. The number of benzene rings is 1. The van der Waals surface area contributed by atoms with Crippen LogP contribution in [0.5, 0.6) is 5.75 Å². The molecule has 1 aromatic rings. The number of anilines is 1. The molecule has 0 atom stereocenters. The normalized spacial score (nSPS) is 15.9. The summed E-state index contributed by atoms with van der Waals surface area (Å²) in [4.78, 5) is 10.9. The molecule has 0 heterocycles. The molecule has 3 nitrogen and oxygen atoms in total. The van der Waals surface area contributed by atoms with E-state index in [1.165, 1.54) is 19.8 Å². The van der Waals surface area contributed by atoms with Crippen LogP contribution in [0.25, 0.3) is 0 Å². The minimum absolute atomic E-state index is 0.106. The van der Waals surface area contributed by atoms with Gasteiger partial charge >= 0.3 is 0 Å². The number of amides is 1. The first-order valence-corrected chi connectivity index (χ1v) is 6.27. The largest absolute Gasteiger partial charge is 0.489 e. The number of nitrogens with one attached hydrogen (secondary N) is 1. The molecule has 1 aromatic carbocycles. The van der Waals surface area contributed by atoms with Gasteiger partial charge < -0.3 is 10.1 Å². The minimum Gasteiger partial charge on any atom is -0.489 e. The molecule has 0 saturated heterocycles. The molecule has 0 aliphatic heterocycles. The summed E-state index contributed by atoms with van der Waals surface area (Å²) in [5.74, 6) is 0.596. The Labute approximate surface area is 106 Å². The van der Waals surface area contributed by atoms with Crippen LogP contribution in [0.2, 0.25) is 5.02 Å². The van der Waals surface area contributed by atoms with Crippen LogP contribution < -0.4 is 10.1 Å². The molecule has 1 aliphatic carbocycles. The molecule has 4 heteroatoms. The molecule has 0 bridgehead atoms. The third-order valence-corrected chi connectivity index (χ3v) is 3.14. The SMILES string of the molecule is CC(=O)Nc1ccc(OC2CCCC2)c(Cl)c1. The standard InChI is InChI=1S/C13H16ClNO2/c1-9(16)15-10-6-7-13(12(14)8-10)17-11-4-2-3-5-11/h6-8,11H,2-5H2,1H3,(H,15,16). The summed E-state index contributed by atoms with van der Waals surface area (Å²) in [7, 11) is 0. The van der Waals surface area contributed by atoms with Gasteiger partial charge in [0.1, 0.15) is 5.75 Å². The van der Waals surface area contributed by atoms with Crippen molar-refractivity contribution in [3.05, 3.63) is 23.2 Å². The average Bonchev–Trinajstić information content (AvgIpc) is 2.74. The molecular weight excluding hydrogens is 238 g/mol. The van der Waals surface area contributed by atoms with Crippen LogP contribution in [0.15, 0.2) is 18.2 Å². The smallest absolute Gasteiger partial charge is 0.221 e. The van der Waals surface area contributed by atoms with Gasteiger partial charge in [-0.2, -0.15) is 0 Å². The Balaban J connectivity index is 2.05. The van der Waals surface area contributed by atoms with E-state index in [1.807, 2.05) is 6.07 Å². The summed E-state index contributed by atoms with van der Waals surface area (Å²) >= 11 is 6.11. The predicted octanol–water partition coefficient (Wildman–Crippen LogP) is 3.62. The maximum atomic E-state index is 10.9. The van der Waals surface area contributed by atoms with Crippen LogP contribution in [0, 0.1) is 0 Å². The first-order valence-electron chi connectivity index (χ1n) is 5.89. The minimum atomic E-state index is -0.106. The van der Waals surface area contributed by atoms with Crippen LogP contribution in [-0.4, -0.2) is 12.0 Å². The first-order chi connectivity index (χ1) is 8.15. The maximum absolute atomic E-state index is 10.9. The molecule has 1 N–H and O–H groups in total. The first kappa shape index (κ1) is 12.2. The summed E-state index contributed by atoms with van der Waals surface area (Å²) < 4.78 is 5.82. The van der Waals surface area contributed by atoms with Gasteiger partial charge in [-0.25, -0.2) is 0 Å². The van der Waals surface area contributed by atoms with Crippen molar-refractivity contribution < 1.29 is 9.53 Å². The number of hydrogen-bond acceptors (Lipinski definition) is 2. The zero-order valence-electron chi connectivity index (χ0n) is 9.83. The van der Waals surface area contributed by atoms with Gasteiger partial charge in [0.05, 0.1) is 11.1 Å². The van der Waals surface area contributed by atoms with Crippen molar-refractivity contribution >= 4 is 23.2 Å². The van der Waals surface area contributed by atoms with E-state index < -0.39 is 0 Å². The van der Waals surface area contributed by atoms with Crippen molar-refractivity contribution in [2.45, 2.75) is 38.7 Å². The van der Waals surface area contributed by atoms with E-state index in [-0.39, 0.29) is 5.91 Å². The average molecular weight is 254 g/mol. The topological polar surface area (TPSA) is 38.3 Å². The lowest BCUT2D eigenvalue weighted by molar-refractivity contribution is -0.114. The Bertz CT molecular complexity index is 414. The van der Waals surface area contributed by atoms with Crippen LogP contribution in [-0.2, 0) is 4.79 Å². The van der Waals surface area contributed by atoms with Gasteiger partial charge in [-0.1, -0.05) is 11.6 Å². The highest BCUT2D eigenvalue weighted by Gasteiger charge is 2.17. The Morgan fingerprint density at radius 3 is 2.71 bits per heavy atom.